The summed E-state index contributed by atoms with van der Waals surface area (Å²) in [7, 11) is 0. The van der Waals surface area contributed by atoms with Crippen LogP contribution in [0.2, 0.25) is 10.4 Å². The van der Waals surface area contributed by atoms with E-state index >= 15 is 0 Å². The molecule has 0 spiro atoms. The Bertz CT molecular complexity index is 484. The second kappa shape index (κ2) is 5.61. The Morgan fingerprint density at radius 2 is 2.21 bits per heavy atom. The SMILES string of the molecule is CSC1NN(C2CCCCO2)c2nc(Cl)nc(Cl)c21. The molecule has 3 rings (SSSR count). The van der Waals surface area contributed by atoms with E-state index in [1.165, 1.54) is 0 Å². The summed E-state index contributed by atoms with van der Waals surface area (Å²) in [4.78, 5) is 8.33. The van der Waals surface area contributed by atoms with E-state index in [4.69, 9.17) is 27.9 Å². The van der Waals surface area contributed by atoms with Crippen molar-refractivity contribution in [3.05, 3.63) is 16.0 Å². The first kappa shape index (κ1) is 13.7. The molecule has 0 amide bonds. The van der Waals surface area contributed by atoms with E-state index in [-0.39, 0.29) is 16.9 Å². The Kier molecular flexibility index (Phi) is 4.05. The molecule has 2 aliphatic rings. The van der Waals surface area contributed by atoms with E-state index in [2.05, 4.69) is 15.4 Å². The highest BCUT2D eigenvalue weighted by Gasteiger charge is 2.37. The van der Waals surface area contributed by atoms with Crippen LogP contribution in [0.1, 0.15) is 30.2 Å². The fraction of sp³-hybridized carbons (Fsp3) is 0.636. The third kappa shape index (κ3) is 2.52. The van der Waals surface area contributed by atoms with Crippen LogP contribution in [0.5, 0.6) is 0 Å². The Balaban J connectivity index is 1.97. The summed E-state index contributed by atoms with van der Waals surface area (Å²) in [6.07, 6.45) is 5.21. The number of hydrogen-bond acceptors (Lipinski definition) is 6. The summed E-state index contributed by atoms with van der Waals surface area (Å²) in [5, 5.41) is 2.54. The minimum Gasteiger partial charge on any atom is -0.357 e. The quantitative estimate of drug-likeness (QED) is 0.667. The number of thioether (sulfide) groups is 1. The number of anilines is 1. The largest absolute Gasteiger partial charge is 0.357 e. The Hall–Kier alpha value is -0.270. The molecule has 0 saturated carbocycles. The summed E-state index contributed by atoms with van der Waals surface area (Å²) >= 11 is 13.8. The van der Waals surface area contributed by atoms with Gasteiger partial charge in [0, 0.05) is 6.61 Å². The molecule has 0 aliphatic carbocycles. The topological polar surface area (TPSA) is 50.3 Å². The second-order valence-corrected chi connectivity index (χ2v) is 6.10. The number of nitrogens with one attached hydrogen (secondary N) is 1. The third-order valence-electron chi connectivity index (χ3n) is 3.28. The van der Waals surface area contributed by atoms with E-state index in [1.54, 1.807) is 11.8 Å². The molecule has 3 heterocycles. The van der Waals surface area contributed by atoms with Gasteiger partial charge >= 0.3 is 0 Å². The number of halogens is 2. The monoisotopic (exact) mass is 320 g/mol. The van der Waals surface area contributed by atoms with Gasteiger partial charge in [-0.1, -0.05) is 11.6 Å². The van der Waals surface area contributed by atoms with Gasteiger partial charge in [0.25, 0.3) is 0 Å². The lowest BCUT2D eigenvalue weighted by Crippen LogP contribution is -2.46. The number of hydrazine groups is 1. The zero-order valence-electron chi connectivity index (χ0n) is 10.4. The third-order valence-corrected chi connectivity index (χ3v) is 4.55. The first-order chi connectivity index (χ1) is 9.20. The number of nitrogens with zero attached hydrogens (tertiary/aromatic N) is 3. The van der Waals surface area contributed by atoms with Crippen LogP contribution in [-0.2, 0) is 4.74 Å². The molecule has 2 atom stereocenters. The zero-order chi connectivity index (χ0) is 13.4. The van der Waals surface area contributed by atoms with Gasteiger partial charge in [-0.25, -0.2) is 10.4 Å². The molecular formula is C11H14Cl2N4OS. The molecule has 1 aromatic rings. The predicted octanol–water partition coefficient (Wildman–Crippen LogP) is 3.00. The van der Waals surface area contributed by atoms with E-state index in [9.17, 15) is 0 Å². The van der Waals surface area contributed by atoms with Gasteiger partial charge in [-0.2, -0.15) is 4.98 Å². The van der Waals surface area contributed by atoms with Crippen LogP contribution in [0.3, 0.4) is 0 Å². The van der Waals surface area contributed by atoms with Crippen LogP contribution in [0, 0.1) is 0 Å². The maximum absolute atomic E-state index is 6.20. The van der Waals surface area contributed by atoms with Gasteiger partial charge in [-0.05, 0) is 37.1 Å². The smallest absolute Gasteiger partial charge is 0.225 e. The molecule has 8 heteroatoms. The van der Waals surface area contributed by atoms with Gasteiger partial charge in [0.2, 0.25) is 5.28 Å². The second-order valence-electron chi connectivity index (χ2n) is 4.46. The summed E-state index contributed by atoms with van der Waals surface area (Å²) in [6, 6.07) is 0. The fourth-order valence-corrected chi connectivity index (χ4v) is 3.60. The number of hydrogen-bond donors (Lipinski definition) is 1. The molecule has 0 aromatic carbocycles. The van der Waals surface area contributed by atoms with Gasteiger partial charge < -0.3 is 4.74 Å². The molecule has 1 fully saturated rings. The number of aromatic nitrogens is 2. The molecule has 1 saturated heterocycles. The Morgan fingerprint density at radius 1 is 1.37 bits per heavy atom. The van der Waals surface area contributed by atoms with Crippen molar-refractivity contribution in [3.8, 4) is 0 Å². The maximum Gasteiger partial charge on any atom is 0.225 e. The van der Waals surface area contributed by atoms with Gasteiger partial charge in [0.15, 0.2) is 5.82 Å². The molecule has 2 aliphatic heterocycles. The van der Waals surface area contributed by atoms with Gasteiger partial charge in [0.05, 0.1) is 5.56 Å². The predicted molar refractivity (Wildman–Crippen MR) is 77.5 cm³/mol. The summed E-state index contributed by atoms with van der Waals surface area (Å²) in [5.41, 5.74) is 4.25. The van der Waals surface area contributed by atoms with Crippen LogP contribution in [-0.4, -0.2) is 29.1 Å². The molecule has 5 nitrogen and oxygen atoms in total. The molecular weight excluding hydrogens is 307 g/mol. The van der Waals surface area contributed by atoms with Crippen molar-refractivity contribution in [1.82, 2.24) is 15.4 Å². The van der Waals surface area contributed by atoms with Crippen molar-refractivity contribution >= 4 is 40.8 Å². The van der Waals surface area contributed by atoms with Crippen LogP contribution in [0.25, 0.3) is 0 Å². The minimum absolute atomic E-state index is 0.0216. The van der Waals surface area contributed by atoms with Crippen LogP contribution < -0.4 is 10.4 Å². The molecule has 1 N–H and O–H groups in total. The summed E-state index contributed by atoms with van der Waals surface area (Å²) in [5.74, 6) is 0.733. The van der Waals surface area contributed by atoms with Crippen molar-refractivity contribution in [2.24, 2.45) is 0 Å². The van der Waals surface area contributed by atoms with E-state index in [0.29, 0.717) is 5.15 Å². The van der Waals surface area contributed by atoms with Gasteiger partial charge in [0.1, 0.15) is 16.8 Å². The van der Waals surface area contributed by atoms with Crippen molar-refractivity contribution in [3.63, 3.8) is 0 Å². The molecule has 1 aromatic heterocycles. The van der Waals surface area contributed by atoms with E-state index in [0.717, 1.165) is 37.3 Å². The lowest BCUT2D eigenvalue weighted by molar-refractivity contribution is 0.00877. The fourth-order valence-electron chi connectivity index (χ4n) is 2.38. The maximum atomic E-state index is 6.20. The van der Waals surface area contributed by atoms with E-state index in [1.807, 2.05) is 11.3 Å². The zero-order valence-corrected chi connectivity index (χ0v) is 12.7. The van der Waals surface area contributed by atoms with Gasteiger partial charge in [-0.3, -0.25) is 5.01 Å². The Labute approximate surface area is 126 Å². The first-order valence-corrected chi connectivity index (χ1v) is 8.18. The number of rotatable bonds is 2. The van der Waals surface area contributed by atoms with Crippen LogP contribution in [0.4, 0.5) is 5.82 Å². The standard InChI is InChI=1S/C11H14Cl2N4OS/c1-19-10-7-8(12)14-11(13)15-9(7)17(16-10)6-4-2-3-5-18-6/h6,10,16H,2-5H2,1H3. The summed E-state index contributed by atoms with van der Waals surface area (Å²) < 4.78 is 5.80. The minimum atomic E-state index is -0.0216. The summed E-state index contributed by atoms with van der Waals surface area (Å²) in [6.45, 7) is 0.772. The lowest BCUT2D eigenvalue weighted by atomic mass is 10.2. The average molecular weight is 321 g/mol. The highest BCUT2D eigenvalue weighted by molar-refractivity contribution is 7.98. The first-order valence-electron chi connectivity index (χ1n) is 6.13. The molecule has 104 valence electrons. The average Bonchev–Trinajstić information content (AvgIpc) is 2.78. The van der Waals surface area contributed by atoms with Crippen molar-refractivity contribution in [1.29, 1.82) is 0 Å². The lowest BCUT2D eigenvalue weighted by Gasteiger charge is -2.32. The normalized spacial score (nSPS) is 26.6. The van der Waals surface area contributed by atoms with Crippen molar-refractivity contribution in [2.75, 3.05) is 17.9 Å². The van der Waals surface area contributed by atoms with Crippen LogP contribution >= 0.6 is 35.0 Å². The highest BCUT2D eigenvalue weighted by atomic mass is 35.5. The number of fused-ring (bicyclic) bond motifs is 1. The molecule has 19 heavy (non-hydrogen) atoms. The number of ether oxygens (including phenoxy) is 1. The molecule has 0 radical (unpaired) electrons. The molecule has 2 unspecified atom stereocenters. The van der Waals surface area contributed by atoms with Gasteiger partial charge in [-0.15, -0.1) is 11.8 Å². The van der Waals surface area contributed by atoms with Crippen molar-refractivity contribution < 1.29 is 4.74 Å². The Morgan fingerprint density at radius 3 is 2.89 bits per heavy atom. The van der Waals surface area contributed by atoms with Crippen LogP contribution in [0.15, 0.2) is 0 Å². The highest BCUT2D eigenvalue weighted by Crippen LogP contribution is 2.42. The van der Waals surface area contributed by atoms with E-state index < -0.39 is 0 Å². The molecule has 0 bridgehead atoms. The van der Waals surface area contributed by atoms with Crippen molar-refractivity contribution in [2.45, 2.75) is 30.9 Å².